The van der Waals surface area contributed by atoms with Crippen LogP contribution in [0.5, 0.6) is 0 Å². The first kappa shape index (κ1) is 12.2. The molecule has 0 aliphatic heterocycles. The number of hydrogen-bond donors (Lipinski definition) is 0. The monoisotopic (exact) mass is 420 g/mol. The zero-order chi connectivity index (χ0) is 9.80. The van der Waals surface area contributed by atoms with E-state index >= 15 is 0 Å². The third-order valence-corrected chi connectivity index (χ3v) is 2.07. The summed E-state index contributed by atoms with van der Waals surface area (Å²) in [6.07, 6.45) is 0. The number of hydrogen-bond acceptors (Lipinski definition) is 1. The van der Waals surface area contributed by atoms with E-state index in [1.54, 1.807) is 0 Å². The summed E-state index contributed by atoms with van der Waals surface area (Å²) < 4.78 is 0. The second kappa shape index (κ2) is 5.90. The summed E-state index contributed by atoms with van der Waals surface area (Å²) in [7, 11) is 0. The fraction of sp³-hybridized carbons (Fsp3) is 0. The Hall–Kier alpha value is -0.838. The van der Waals surface area contributed by atoms with Gasteiger partial charge in [0, 0.05) is 42.2 Å². The van der Waals surface area contributed by atoms with Crippen molar-refractivity contribution in [3.8, 4) is 0 Å². The van der Waals surface area contributed by atoms with E-state index in [0.29, 0.717) is 0 Å². The van der Waals surface area contributed by atoms with Crippen molar-refractivity contribution in [3.63, 3.8) is 0 Å². The van der Waals surface area contributed by atoms with Crippen molar-refractivity contribution in [3.05, 3.63) is 71.8 Å². The molecule has 0 saturated carbocycles. The first-order valence-corrected chi connectivity index (χ1v) is 4.53. The largest absolute Gasteiger partial charge is 0.289 e. The number of carbonyl (C=O) groups is 1. The third kappa shape index (κ3) is 3.06. The SMILES string of the molecule is O=C(c1ccccc1)c1ccccc1.[U]. The van der Waals surface area contributed by atoms with Crippen molar-refractivity contribution < 1.29 is 35.9 Å². The smallest absolute Gasteiger partial charge is 0.193 e. The van der Waals surface area contributed by atoms with Gasteiger partial charge in [0.25, 0.3) is 0 Å². The molecule has 2 aromatic rings. The van der Waals surface area contributed by atoms with E-state index in [1.165, 1.54) is 0 Å². The summed E-state index contributed by atoms with van der Waals surface area (Å²) in [5.74, 6) is 0.0752. The summed E-state index contributed by atoms with van der Waals surface area (Å²) in [6, 6.07) is 18.6. The van der Waals surface area contributed by atoms with Crippen LogP contribution in [-0.2, 0) is 0 Å². The Morgan fingerprint density at radius 1 is 0.667 bits per heavy atom. The fourth-order valence-electron chi connectivity index (χ4n) is 1.35. The molecule has 0 amide bonds. The van der Waals surface area contributed by atoms with E-state index in [9.17, 15) is 4.79 Å². The molecule has 0 aliphatic rings. The standard InChI is InChI=1S/C13H10O.U/c14-13(11-7-3-1-4-8-11)12-9-5-2-6-10-12;/h1-10H;. The van der Waals surface area contributed by atoms with E-state index in [2.05, 4.69) is 0 Å². The molecule has 0 fully saturated rings. The molecule has 0 saturated heterocycles. The Kier molecular flexibility index (Phi) is 4.81. The topological polar surface area (TPSA) is 17.1 Å². The normalized spacial score (nSPS) is 9.07. The maximum atomic E-state index is 11.8. The first-order valence-electron chi connectivity index (χ1n) is 4.53. The van der Waals surface area contributed by atoms with E-state index in [-0.39, 0.29) is 36.9 Å². The van der Waals surface area contributed by atoms with Crippen LogP contribution < -0.4 is 0 Å². The van der Waals surface area contributed by atoms with Gasteiger partial charge in [-0.05, 0) is 0 Å². The van der Waals surface area contributed by atoms with Crippen LogP contribution in [0.2, 0.25) is 0 Å². The summed E-state index contributed by atoms with van der Waals surface area (Å²) >= 11 is 0. The molecule has 15 heavy (non-hydrogen) atoms. The Balaban J connectivity index is 0.00000112. The molecule has 0 aliphatic carbocycles. The molecule has 2 heteroatoms. The van der Waals surface area contributed by atoms with Crippen LogP contribution in [0.4, 0.5) is 0 Å². The maximum Gasteiger partial charge on any atom is 0.193 e. The van der Waals surface area contributed by atoms with Gasteiger partial charge in [-0.2, -0.15) is 0 Å². The molecule has 0 spiro atoms. The van der Waals surface area contributed by atoms with Gasteiger partial charge >= 0.3 is 0 Å². The first-order chi connectivity index (χ1) is 6.88. The second-order valence-corrected chi connectivity index (χ2v) is 3.06. The average Bonchev–Trinajstić information content (AvgIpc) is 2.30. The van der Waals surface area contributed by atoms with Crippen molar-refractivity contribution >= 4 is 5.78 Å². The van der Waals surface area contributed by atoms with Crippen LogP contribution in [-0.4, -0.2) is 5.78 Å². The molecule has 0 atom stereocenters. The minimum Gasteiger partial charge on any atom is -0.289 e. The van der Waals surface area contributed by atoms with Crippen LogP contribution in [0, 0.1) is 31.1 Å². The van der Waals surface area contributed by atoms with Crippen LogP contribution in [0.25, 0.3) is 0 Å². The van der Waals surface area contributed by atoms with E-state index in [4.69, 9.17) is 0 Å². The molecular weight excluding hydrogens is 410 g/mol. The van der Waals surface area contributed by atoms with Gasteiger partial charge < -0.3 is 0 Å². The van der Waals surface area contributed by atoms with E-state index in [0.717, 1.165) is 11.1 Å². The van der Waals surface area contributed by atoms with Gasteiger partial charge in [-0.1, -0.05) is 60.7 Å². The molecule has 1 nitrogen and oxygen atoms in total. The van der Waals surface area contributed by atoms with Gasteiger partial charge in [0.2, 0.25) is 0 Å². The van der Waals surface area contributed by atoms with Crippen molar-refractivity contribution in [2.75, 3.05) is 0 Å². The van der Waals surface area contributed by atoms with Crippen molar-refractivity contribution in [1.82, 2.24) is 0 Å². The number of benzene rings is 2. The fourth-order valence-corrected chi connectivity index (χ4v) is 1.35. The van der Waals surface area contributed by atoms with Gasteiger partial charge in [-0.25, -0.2) is 0 Å². The van der Waals surface area contributed by atoms with Crippen LogP contribution >= 0.6 is 0 Å². The second-order valence-electron chi connectivity index (χ2n) is 3.06. The molecule has 0 radical (unpaired) electrons. The van der Waals surface area contributed by atoms with Gasteiger partial charge in [0.1, 0.15) is 0 Å². The number of carbonyl (C=O) groups excluding carboxylic acids is 1. The average molecular weight is 420 g/mol. The van der Waals surface area contributed by atoms with Gasteiger partial charge in [0.15, 0.2) is 5.78 Å². The van der Waals surface area contributed by atoms with E-state index in [1.807, 2.05) is 60.7 Å². The van der Waals surface area contributed by atoms with Crippen molar-refractivity contribution in [2.45, 2.75) is 0 Å². The Bertz CT molecular complexity index is 381. The quantitative estimate of drug-likeness (QED) is 0.684. The molecule has 0 bridgehead atoms. The van der Waals surface area contributed by atoms with Gasteiger partial charge in [-0.15, -0.1) is 0 Å². The summed E-state index contributed by atoms with van der Waals surface area (Å²) in [4.78, 5) is 11.8. The molecule has 72 valence electrons. The van der Waals surface area contributed by atoms with Gasteiger partial charge in [0.05, 0.1) is 0 Å². The third-order valence-electron chi connectivity index (χ3n) is 2.07. The van der Waals surface area contributed by atoms with Crippen molar-refractivity contribution in [2.24, 2.45) is 0 Å². The van der Waals surface area contributed by atoms with Gasteiger partial charge in [-0.3, -0.25) is 4.79 Å². The van der Waals surface area contributed by atoms with E-state index < -0.39 is 0 Å². The number of rotatable bonds is 2. The molecule has 0 N–H and O–H groups in total. The summed E-state index contributed by atoms with van der Waals surface area (Å²) in [5.41, 5.74) is 1.47. The molecular formula is C13H10OU. The Labute approximate surface area is 113 Å². The minimum atomic E-state index is 0. The maximum absolute atomic E-state index is 11.8. The Morgan fingerprint density at radius 3 is 1.33 bits per heavy atom. The predicted octanol–water partition coefficient (Wildman–Crippen LogP) is 2.92. The van der Waals surface area contributed by atoms with Crippen LogP contribution in [0.15, 0.2) is 60.7 Å². The summed E-state index contributed by atoms with van der Waals surface area (Å²) in [5, 5.41) is 0. The summed E-state index contributed by atoms with van der Waals surface area (Å²) in [6.45, 7) is 0. The Morgan fingerprint density at radius 2 is 1.00 bits per heavy atom. The van der Waals surface area contributed by atoms with Crippen LogP contribution in [0.3, 0.4) is 0 Å². The van der Waals surface area contributed by atoms with Crippen molar-refractivity contribution in [1.29, 1.82) is 0 Å². The molecule has 2 aromatic carbocycles. The minimum absolute atomic E-state index is 0. The molecule has 2 rings (SSSR count). The molecule has 0 aromatic heterocycles. The molecule has 0 heterocycles. The predicted molar refractivity (Wildman–Crippen MR) is 56.3 cm³/mol. The molecule has 0 unspecified atom stereocenters. The number of ketones is 1. The zero-order valence-electron chi connectivity index (χ0n) is 8.18. The van der Waals surface area contributed by atoms with Crippen LogP contribution in [0.1, 0.15) is 15.9 Å². The zero-order valence-corrected chi connectivity index (χ0v) is 12.3.